The quantitative estimate of drug-likeness (QED) is 0.611. The highest BCUT2D eigenvalue weighted by Crippen LogP contribution is 2.31. The van der Waals surface area contributed by atoms with Crippen molar-refractivity contribution in [3.63, 3.8) is 0 Å². The second-order valence-corrected chi connectivity index (χ2v) is 4.64. The molecule has 0 aliphatic heterocycles. The van der Waals surface area contributed by atoms with Crippen LogP contribution in [0.25, 0.3) is 21.8 Å². The Kier molecular flexibility index (Phi) is 2.40. The third-order valence-electron chi connectivity index (χ3n) is 3.54. The molecule has 0 aliphatic carbocycles. The minimum atomic E-state index is 1.16. The van der Waals surface area contributed by atoms with Crippen molar-refractivity contribution in [1.82, 2.24) is 4.57 Å². The predicted molar refractivity (Wildman–Crippen MR) is 74.4 cm³/mol. The lowest BCUT2D eigenvalue weighted by atomic mass is 10.0. The van der Waals surface area contributed by atoms with Gasteiger partial charge in [0.05, 0.1) is 0 Å². The molecule has 1 nitrogen and oxygen atoms in total. The topological polar surface area (TPSA) is 4.93 Å². The fourth-order valence-electron chi connectivity index (χ4n) is 2.76. The van der Waals surface area contributed by atoms with E-state index in [1.54, 1.807) is 0 Å². The number of para-hydroxylation sites is 1. The van der Waals surface area contributed by atoms with Gasteiger partial charge in [-0.05, 0) is 24.1 Å². The van der Waals surface area contributed by atoms with Crippen LogP contribution in [0, 0.1) is 0 Å². The molecule has 3 aromatic rings. The second-order valence-electron chi connectivity index (χ2n) is 4.64. The number of aryl methyl sites for hydroxylation is 2. The average Bonchev–Trinajstić information content (AvgIpc) is 2.66. The summed E-state index contributed by atoms with van der Waals surface area (Å²) in [5.41, 5.74) is 4.14. The number of fused-ring (bicyclic) bond motifs is 3. The van der Waals surface area contributed by atoms with Crippen LogP contribution >= 0.6 is 0 Å². The fourth-order valence-corrected chi connectivity index (χ4v) is 2.76. The molecule has 0 radical (unpaired) electrons. The van der Waals surface area contributed by atoms with Crippen LogP contribution in [0.3, 0.4) is 0 Å². The smallest absolute Gasteiger partial charge is 0.0491 e. The van der Waals surface area contributed by atoms with Crippen molar-refractivity contribution in [2.24, 2.45) is 7.05 Å². The van der Waals surface area contributed by atoms with Gasteiger partial charge in [-0.25, -0.2) is 0 Å². The highest BCUT2D eigenvalue weighted by atomic mass is 14.9. The van der Waals surface area contributed by atoms with Crippen LogP contribution in [0.15, 0.2) is 42.5 Å². The van der Waals surface area contributed by atoms with E-state index in [0.717, 1.165) is 6.42 Å². The summed E-state index contributed by atoms with van der Waals surface area (Å²) < 4.78 is 2.30. The third-order valence-corrected chi connectivity index (χ3v) is 3.54. The molecule has 0 fully saturated rings. The third kappa shape index (κ3) is 1.46. The number of hydrogen-bond donors (Lipinski definition) is 0. The van der Waals surface area contributed by atoms with Gasteiger partial charge in [0, 0.05) is 28.9 Å². The van der Waals surface area contributed by atoms with E-state index in [0.29, 0.717) is 0 Å². The molecule has 0 amide bonds. The van der Waals surface area contributed by atoms with Gasteiger partial charge in [0.2, 0.25) is 0 Å². The Bertz CT molecular complexity index is 676. The van der Waals surface area contributed by atoms with Crippen molar-refractivity contribution in [2.75, 3.05) is 0 Å². The molecule has 0 saturated heterocycles. The minimum Gasteiger partial charge on any atom is -0.344 e. The molecule has 2 aromatic carbocycles. The van der Waals surface area contributed by atoms with Gasteiger partial charge in [-0.2, -0.15) is 0 Å². The van der Waals surface area contributed by atoms with Crippen LogP contribution < -0.4 is 0 Å². The molecule has 86 valence electrons. The SMILES string of the molecule is CCCc1cccc2c1c1ccccc1n2C. The maximum Gasteiger partial charge on any atom is 0.0491 e. The molecule has 0 aliphatic rings. The van der Waals surface area contributed by atoms with Crippen molar-refractivity contribution in [3.05, 3.63) is 48.0 Å². The summed E-state index contributed by atoms with van der Waals surface area (Å²) in [5, 5.41) is 2.82. The number of hydrogen-bond acceptors (Lipinski definition) is 0. The van der Waals surface area contributed by atoms with Gasteiger partial charge in [-0.1, -0.05) is 43.7 Å². The summed E-state index contributed by atoms with van der Waals surface area (Å²) in [6.45, 7) is 2.24. The molecule has 0 N–H and O–H groups in total. The van der Waals surface area contributed by atoms with Crippen LogP contribution in [0.1, 0.15) is 18.9 Å². The summed E-state index contributed by atoms with van der Waals surface area (Å²) in [4.78, 5) is 0. The second kappa shape index (κ2) is 3.92. The zero-order valence-electron chi connectivity index (χ0n) is 10.4. The van der Waals surface area contributed by atoms with E-state index in [1.165, 1.54) is 33.8 Å². The van der Waals surface area contributed by atoms with E-state index < -0.39 is 0 Å². The molecule has 0 atom stereocenters. The van der Waals surface area contributed by atoms with E-state index in [-0.39, 0.29) is 0 Å². The highest BCUT2D eigenvalue weighted by Gasteiger charge is 2.10. The van der Waals surface area contributed by atoms with Gasteiger partial charge in [0.15, 0.2) is 0 Å². The lowest BCUT2D eigenvalue weighted by Crippen LogP contribution is -1.87. The van der Waals surface area contributed by atoms with E-state index in [4.69, 9.17) is 0 Å². The zero-order valence-corrected chi connectivity index (χ0v) is 10.4. The van der Waals surface area contributed by atoms with Crippen LogP contribution in [-0.2, 0) is 13.5 Å². The predicted octanol–water partition coefficient (Wildman–Crippen LogP) is 4.28. The first-order valence-corrected chi connectivity index (χ1v) is 6.28. The lowest BCUT2D eigenvalue weighted by molar-refractivity contribution is 0.929. The standard InChI is InChI=1S/C16H17N/c1-3-7-12-8-6-11-15-16(12)13-9-4-5-10-14(13)17(15)2/h4-6,8-11H,3,7H2,1-2H3. The Morgan fingerprint density at radius 3 is 2.53 bits per heavy atom. The molecule has 0 unspecified atom stereocenters. The summed E-state index contributed by atoms with van der Waals surface area (Å²) in [7, 11) is 2.15. The van der Waals surface area contributed by atoms with E-state index in [2.05, 4.69) is 61.0 Å². The highest BCUT2D eigenvalue weighted by molar-refractivity contribution is 6.09. The van der Waals surface area contributed by atoms with Crippen LogP contribution in [0.4, 0.5) is 0 Å². The first kappa shape index (κ1) is 10.4. The van der Waals surface area contributed by atoms with Gasteiger partial charge < -0.3 is 4.57 Å². The largest absolute Gasteiger partial charge is 0.344 e. The van der Waals surface area contributed by atoms with Crippen molar-refractivity contribution in [3.8, 4) is 0 Å². The minimum absolute atomic E-state index is 1.16. The summed E-state index contributed by atoms with van der Waals surface area (Å²) in [5.74, 6) is 0. The summed E-state index contributed by atoms with van der Waals surface area (Å²) in [6, 6.07) is 15.3. The van der Waals surface area contributed by atoms with Gasteiger partial charge in [0.1, 0.15) is 0 Å². The lowest BCUT2D eigenvalue weighted by Gasteiger charge is -2.02. The van der Waals surface area contributed by atoms with Crippen molar-refractivity contribution < 1.29 is 0 Å². The van der Waals surface area contributed by atoms with Gasteiger partial charge in [-0.3, -0.25) is 0 Å². The molecule has 1 aromatic heterocycles. The van der Waals surface area contributed by atoms with Crippen molar-refractivity contribution in [1.29, 1.82) is 0 Å². The van der Waals surface area contributed by atoms with Gasteiger partial charge in [0.25, 0.3) is 0 Å². The molecule has 0 bridgehead atoms. The monoisotopic (exact) mass is 223 g/mol. The van der Waals surface area contributed by atoms with Crippen molar-refractivity contribution in [2.45, 2.75) is 19.8 Å². The Balaban J connectivity index is 2.49. The molecular weight excluding hydrogens is 206 g/mol. The number of aromatic nitrogens is 1. The molecule has 3 rings (SSSR count). The van der Waals surface area contributed by atoms with Crippen LogP contribution in [0.5, 0.6) is 0 Å². The van der Waals surface area contributed by atoms with E-state index >= 15 is 0 Å². The molecule has 17 heavy (non-hydrogen) atoms. The fraction of sp³-hybridized carbons (Fsp3) is 0.250. The molecule has 0 saturated carbocycles. The molecule has 1 heterocycles. The Hall–Kier alpha value is -1.76. The van der Waals surface area contributed by atoms with E-state index in [9.17, 15) is 0 Å². The maximum absolute atomic E-state index is 2.30. The first-order chi connectivity index (χ1) is 8.33. The zero-order chi connectivity index (χ0) is 11.8. The number of nitrogens with zero attached hydrogens (tertiary/aromatic N) is 1. The number of benzene rings is 2. The molecular formula is C16H17N. The normalized spacial score (nSPS) is 11.4. The van der Waals surface area contributed by atoms with E-state index in [1.807, 2.05) is 0 Å². The van der Waals surface area contributed by atoms with Crippen LogP contribution in [-0.4, -0.2) is 4.57 Å². The Morgan fingerprint density at radius 2 is 1.71 bits per heavy atom. The average molecular weight is 223 g/mol. The van der Waals surface area contributed by atoms with Crippen molar-refractivity contribution >= 4 is 21.8 Å². The summed E-state index contributed by atoms with van der Waals surface area (Å²) in [6.07, 6.45) is 2.35. The molecule has 0 spiro atoms. The maximum atomic E-state index is 2.30. The Morgan fingerprint density at radius 1 is 0.941 bits per heavy atom. The first-order valence-electron chi connectivity index (χ1n) is 6.28. The Labute approximate surface area is 102 Å². The van der Waals surface area contributed by atoms with Gasteiger partial charge in [-0.15, -0.1) is 0 Å². The molecule has 1 heteroatoms. The van der Waals surface area contributed by atoms with Crippen LogP contribution in [0.2, 0.25) is 0 Å². The van der Waals surface area contributed by atoms with Gasteiger partial charge >= 0.3 is 0 Å². The number of rotatable bonds is 2. The summed E-state index contributed by atoms with van der Waals surface area (Å²) >= 11 is 0.